The minimum atomic E-state index is -1.43. The van der Waals surface area contributed by atoms with Crippen LogP contribution in [0.4, 0.5) is 0 Å². The lowest BCUT2D eigenvalue weighted by atomic mass is 10.0. The first-order valence-electron chi connectivity index (χ1n) is 13.8. The molecule has 0 saturated heterocycles. The number of H-pyrrole nitrogens is 1. The largest absolute Gasteiger partial charge is 0.508 e. The van der Waals surface area contributed by atoms with Gasteiger partial charge in [0.2, 0.25) is 23.6 Å². The molecule has 1 aromatic heterocycles. The van der Waals surface area contributed by atoms with Crippen LogP contribution in [0.15, 0.2) is 54.7 Å². The number of amides is 4. The van der Waals surface area contributed by atoms with E-state index in [0.717, 1.165) is 10.9 Å². The van der Waals surface area contributed by atoms with Gasteiger partial charge in [-0.3, -0.25) is 19.2 Å². The van der Waals surface area contributed by atoms with Gasteiger partial charge in [0.1, 0.15) is 23.9 Å². The maximum atomic E-state index is 13.3. The molecule has 0 aliphatic carbocycles. The average Bonchev–Trinajstić information content (AvgIpc) is 3.35. The SMILES string of the molecule is CC(C)CC(NC(=O)C(CC(N)=O)NC(=O)C(N)Cc1ccc(O)cc1)C(=O)NC(Cc1c[nH]c2ccccc12)C(=O)O. The highest BCUT2D eigenvalue weighted by Gasteiger charge is 2.32. The van der Waals surface area contributed by atoms with Crippen LogP contribution >= 0.6 is 0 Å². The molecule has 1 heterocycles. The summed E-state index contributed by atoms with van der Waals surface area (Å²) in [5, 5.41) is 27.6. The molecule has 13 nitrogen and oxygen atoms in total. The Kier molecular flexibility index (Phi) is 11.2. The molecule has 3 aromatic rings. The van der Waals surface area contributed by atoms with Crippen molar-refractivity contribution in [1.82, 2.24) is 20.9 Å². The predicted octanol–water partition coefficient (Wildman–Crippen LogP) is 0.447. The smallest absolute Gasteiger partial charge is 0.326 e. The first-order valence-corrected chi connectivity index (χ1v) is 13.8. The van der Waals surface area contributed by atoms with E-state index in [2.05, 4.69) is 20.9 Å². The van der Waals surface area contributed by atoms with Crippen molar-refractivity contribution in [3.8, 4) is 5.75 Å². The van der Waals surface area contributed by atoms with Crippen molar-refractivity contribution in [2.45, 2.75) is 63.7 Å². The number of nitrogens with one attached hydrogen (secondary N) is 4. The number of carbonyl (C=O) groups is 5. The van der Waals surface area contributed by atoms with Gasteiger partial charge >= 0.3 is 5.97 Å². The summed E-state index contributed by atoms with van der Waals surface area (Å²) in [5.41, 5.74) is 13.5. The molecule has 10 N–H and O–H groups in total. The summed E-state index contributed by atoms with van der Waals surface area (Å²) >= 11 is 0. The third-order valence-electron chi connectivity index (χ3n) is 6.82. The van der Waals surface area contributed by atoms with Crippen LogP contribution in [-0.4, -0.2) is 69.0 Å². The third kappa shape index (κ3) is 9.57. The minimum Gasteiger partial charge on any atom is -0.508 e. The van der Waals surface area contributed by atoms with Crippen LogP contribution in [0, 0.1) is 5.92 Å². The Labute approximate surface area is 248 Å². The number of hydrogen-bond acceptors (Lipinski definition) is 7. The number of rotatable bonds is 15. The quantitative estimate of drug-likeness (QED) is 0.123. The Hall–Kier alpha value is -4.91. The van der Waals surface area contributed by atoms with E-state index in [1.807, 2.05) is 38.1 Å². The van der Waals surface area contributed by atoms with Crippen molar-refractivity contribution in [2.75, 3.05) is 0 Å². The van der Waals surface area contributed by atoms with E-state index in [-0.39, 0.29) is 30.9 Å². The first-order chi connectivity index (χ1) is 20.3. The van der Waals surface area contributed by atoms with Crippen LogP contribution in [-0.2, 0) is 36.8 Å². The molecule has 0 aliphatic rings. The molecule has 230 valence electrons. The highest BCUT2D eigenvalue weighted by Crippen LogP contribution is 2.19. The zero-order chi connectivity index (χ0) is 31.7. The highest BCUT2D eigenvalue weighted by molar-refractivity contribution is 5.96. The van der Waals surface area contributed by atoms with E-state index < -0.39 is 60.2 Å². The number of carboxylic acids is 1. The molecule has 4 amide bonds. The fourth-order valence-corrected chi connectivity index (χ4v) is 4.64. The van der Waals surface area contributed by atoms with Crippen LogP contribution in [0.2, 0.25) is 0 Å². The summed E-state index contributed by atoms with van der Waals surface area (Å²) in [6.45, 7) is 3.64. The molecule has 0 spiro atoms. The summed E-state index contributed by atoms with van der Waals surface area (Å²) in [6.07, 6.45) is 1.35. The molecule has 0 radical (unpaired) electrons. The van der Waals surface area contributed by atoms with Gasteiger partial charge in [-0.15, -0.1) is 0 Å². The van der Waals surface area contributed by atoms with Crippen molar-refractivity contribution < 1.29 is 34.2 Å². The maximum Gasteiger partial charge on any atom is 0.326 e. The number of nitrogens with two attached hydrogens (primary N) is 2. The summed E-state index contributed by atoms with van der Waals surface area (Å²) < 4.78 is 0. The van der Waals surface area contributed by atoms with Crippen molar-refractivity contribution in [2.24, 2.45) is 17.4 Å². The van der Waals surface area contributed by atoms with E-state index >= 15 is 0 Å². The fourth-order valence-electron chi connectivity index (χ4n) is 4.64. The van der Waals surface area contributed by atoms with Gasteiger partial charge in [-0.05, 0) is 48.1 Å². The maximum absolute atomic E-state index is 13.3. The topological polar surface area (TPSA) is 230 Å². The first kappa shape index (κ1) is 32.6. The van der Waals surface area contributed by atoms with Crippen molar-refractivity contribution in [3.63, 3.8) is 0 Å². The molecule has 4 unspecified atom stereocenters. The molecular weight excluding hydrogens is 556 g/mol. The molecule has 0 saturated carbocycles. The fraction of sp³-hybridized carbons (Fsp3) is 0.367. The summed E-state index contributed by atoms with van der Waals surface area (Å²) in [4.78, 5) is 66.3. The highest BCUT2D eigenvalue weighted by atomic mass is 16.4. The second-order valence-electron chi connectivity index (χ2n) is 10.9. The van der Waals surface area contributed by atoms with Crippen LogP contribution < -0.4 is 27.4 Å². The van der Waals surface area contributed by atoms with Gasteiger partial charge in [0.15, 0.2) is 0 Å². The summed E-state index contributed by atoms with van der Waals surface area (Å²) in [7, 11) is 0. The Morgan fingerprint density at radius 1 is 0.837 bits per heavy atom. The molecular formula is C30H38N6O7. The number of carbonyl (C=O) groups excluding carboxylic acids is 4. The summed E-state index contributed by atoms with van der Waals surface area (Å²) in [6, 6.07) is 8.44. The zero-order valence-corrected chi connectivity index (χ0v) is 24.0. The lowest BCUT2D eigenvalue weighted by Crippen LogP contribution is -2.58. The number of phenolic OH excluding ortho intramolecular Hbond substituents is 1. The van der Waals surface area contributed by atoms with Gasteiger partial charge < -0.3 is 42.6 Å². The van der Waals surface area contributed by atoms with E-state index in [1.54, 1.807) is 18.3 Å². The average molecular weight is 595 g/mol. The second kappa shape index (κ2) is 14.8. The van der Waals surface area contributed by atoms with Gasteiger partial charge in [-0.2, -0.15) is 0 Å². The van der Waals surface area contributed by atoms with Gasteiger partial charge in [0.25, 0.3) is 0 Å². The normalized spacial score (nSPS) is 14.0. The number of aliphatic carboxylic acids is 1. The number of para-hydroxylation sites is 1. The number of aromatic hydroxyl groups is 1. The monoisotopic (exact) mass is 594 g/mol. The number of benzene rings is 2. The molecule has 4 atom stereocenters. The molecule has 43 heavy (non-hydrogen) atoms. The number of hydrogen-bond donors (Lipinski definition) is 8. The molecule has 0 fully saturated rings. The Bertz CT molecular complexity index is 1450. The lowest BCUT2D eigenvalue weighted by Gasteiger charge is -2.25. The van der Waals surface area contributed by atoms with Crippen molar-refractivity contribution in [1.29, 1.82) is 0 Å². The molecule has 0 aliphatic heterocycles. The van der Waals surface area contributed by atoms with Crippen LogP contribution in [0.1, 0.15) is 37.8 Å². The Morgan fingerprint density at radius 2 is 1.44 bits per heavy atom. The number of aromatic amines is 1. The van der Waals surface area contributed by atoms with Gasteiger partial charge in [-0.1, -0.05) is 44.2 Å². The Balaban J connectivity index is 1.71. The van der Waals surface area contributed by atoms with Crippen LogP contribution in [0.25, 0.3) is 10.9 Å². The number of aromatic nitrogens is 1. The van der Waals surface area contributed by atoms with Crippen LogP contribution in [0.5, 0.6) is 5.75 Å². The van der Waals surface area contributed by atoms with Gasteiger partial charge in [0.05, 0.1) is 12.5 Å². The van der Waals surface area contributed by atoms with Crippen LogP contribution in [0.3, 0.4) is 0 Å². The van der Waals surface area contributed by atoms with Gasteiger partial charge in [0, 0.05) is 23.5 Å². The molecule has 2 aromatic carbocycles. The van der Waals surface area contributed by atoms with E-state index in [0.29, 0.717) is 11.1 Å². The summed E-state index contributed by atoms with van der Waals surface area (Å²) in [5.74, 6) is -4.49. The number of fused-ring (bicyclic) bond motifs is 1. The standard InChI is InChI=1S/C30H38N6O7/c1-16(2)11-23(28(40)36-25(30(42)43)13-18-15-33-22-6-4-3-5-20(18)22)35-29(41)24(14-26(32)38)34-27(39)21(31)12-17-7-9-19(37)10-8-17/h3-10,15-16,21,23-25,33,37H,11-14,31H2,1-2H3,(H2,32,38)(H,34,39)(H,35,41)(H,36,40)(H,42,43). The predicted molar refractivity (Wildman–Crippen MR) is 158 cm³/mol. The number of phenols is 1. The number of primary amides is 1. The van der Waals surface area contributed by atoms with Crippen molar-refractivity contribution in [3.05, 3.63) is 65.9 Å². The second-order valence-corrected chi connectivity index (χ2v) is 10.9. The van der Waals surface area contributed by atoms with E-state index in [9.17, 15) is 34.2 Å². The van der Waals surface area contributed by atoms with E-state index in [1.165, 1.54) is 12.1 Å². The Morgan fingerprint density at radius 3 is 2.07 bits per heavy atom. The van der Waals surface area contributed by atoms with Gasteiger partial charge in [-0.25, -0.2) is 4.79 Å². The molecule has 13 heteroatoms. The minimum absolute atomic E-state index is 0.00723. The molecule has 3 rings (SSSR count). The number of carboxylic acid groups (broad SMARTS) is 1. The lowest BCUT2D eigenvalue weighted by molar-refractivity contribution is -0.142. The zero-order valence-electron chi connectivity index (χ0n) is 24.0. The van der Waals surface area contributed by atoms with Crippen molar-refractivity contribution >= 4 is 40.5 Å². The van der Waals surface area contributed by atoms with E-state index in [4.69, 9.17) is 11.5 Å². The third-order valence-corrected chi connectivity index (χ3v) is 6.82. The molecule has 0 bridgehead atoms.